The third-order valence-corrected chi connectivity index (χ3v) is 6.36. The van der Waals surface area contributed by atoms with Gasteiger partial charge in [0.05, 0.1) is 11.5 Å². The van der Waals surface area contributed by atoms with E-state index in [4.69, 9.17) is 5.11 Å². The van der Waals surface area contributed by atoms with Crippen molar-refractivity contribution in [2.24, 2.45) is 0 Å². The molecule has 0 spiro atoms. The number of thiophene rings is 1. The van der Waals surface area contributed by atoms with Crippen LogP contribution in [0.4, 0.5) is 0 Å². The number of aliphatic hydroxyl groups excluding tert-OH is 1. The van der Waals surface area contributed by atoms with Crippen LogP contribution in [-0.4, -0.2) is 24.4 Å². The molecule has 0 aliphatic carbocycles. The van der Waals surface area contributed by atoms with Gasteiger partial charge in [0.2, 0.25) is 10.0 Å². The SMILES string of the molecule is O=S(=O)(c1cccc(CO)c1)N1CCc2sccc2C1. The molecule has 0 fully saturated rings. The van der Waals surface area contributed by atoms with Crippen molar-refractivity contribution in [1.82, 2.24) is 4.31 Å². The second-order valence-electron chi connectivity index (χ2n) is 4.76. The maximum absolute atomic E-state index is 12.6. The second-order valence-corrected chi connectivity index (χ2v) is 7.70. The fraction of sp³-hybridized carbons (Fsp3) is 0.286. The van der Waals surface area contributed by atoms with E-state index in [9.17, 15) is 8.42 Å². The average molecular weight is 309 g/mol. The number of nitrogens with zero attached hydrogens (tertiary/aromatic N) is 1. The van der Waals surface area contributed by atoms with Crippen LogP contribution < -0.4 is 0 Å². The standard InChI is InChI=1S/C14H15NO3S2/c16-10-11-2-1-3-13(8-11)20(17,18)15-6-4-14-12(9-15)5-7-19-14/h1-3,5,7-8,16H,4,6,9-10H2. The summed E-state index contributed by atoms with van der Waals surface area (Å²) in [5.41, 5.74) is 1.71. The minimum absolute atomic E-state index is 0.155. The lowest BCUT2D eigenvalue weighted by atomic mass is 10.1. The van der Waals surface area contributed by atoms with E-state index in [-0.39, 0.29) is 11.5 Å². The van der Waals surface area contributed by atoms with E-state index in [1.807, 2.05) is 11.4 Å². The van der Waals surface area contributed by atoms with Gasteiger partial charge in [-0.25, -0.2) is 8.42 Å². The van der Waals surface area contributed by atoms with Crippen molar-refractivity contribution in [2.45, 2.75) is 24.5 Å². The smallest absolute Gasteiger partial charge is 0.243 e. The molecule has 6 heteroatoms. The molecule has 3 rings (SSSR count). The number of hydrogen-bond acceptors (Lipinski definition) is 4. The molecule has 2 aromatic rings. The summed E-state index contributed by atoms with van der Waals surface area (Å²) < 4.78 is 26.8. The van der Waals surface area contributed by atoms with Crippen LogP contribution in [0, 0.1) is 0 Å². The molecule has 0 amide bonds. The molecule has 106 valence electrons. The van der Waals surface area contributed by atoms with Crippen molar-refractivity contribution in [2.75, 3.05) is 6.54 Å². The Bertz CT molecular complexity index is 722. The molecule has 0 bridgehead atoms. The summed E-state index contributed by atoms with van der Waals surface area (Å²) in [6.07, 6.45) is 0.770. The molecule has 20 heavy (non-hydrogen) atoms. The number of aliphatic hydroxyl groups is 1. The van der Waals surface area contributed by atoms with E-state index in [2.05, 4.69) is 0 Å². The Morgan fingerprint density at radius 3 is 2.95 bits per heavy atom. The zero-order valence-electron chi connectivity index (χ0n) is 10.8. The van der Waals surface area contributed by atoms with Crippen molar-refractivity contribution in [3.63, 3.8) is 0 Å². The predicted molar refractivity (Wildman–Crippen MR) is 78.0 cm³/mol. The Hall–Kier alpha value is -1.21. The van der Waals surface area contributed by atoms with E-state index in [0.29, 0.717) is 18.7 Å². The molecule has 1 aliphatic rings. The van der Waals surface area contributed by atoms with Crippen LogP contribution in [0.25, 0.3) is 0 Å². The average Bonchev–Trinajstić information content (AvgIpc) is 2.94. The molecule has 0 atom stereocenters. The summed E-state index contributed by atoms with van der Waals surface area (Å²) in [6.45, 7) is 0.793. The Morgan fingerprint density at radius 2 is 2.15 bits per heavy atom. The first-order chi connectivity index (χ1) is 9.61. The maximum Gasteiger partial charge on any atom is 0.243 e. The molecule has 1 aliphatic heterocycles. The Labute approximate surface area is 122 Å². The zero-order chi connectivity index (χ0) is 14.2. The molecule has 2 heterocycles. The van der Waals surface area contributed by atoms with E-state index in [0.717, 1.165) is 12.0 Å². The van der Waals surface area contributed by atoms with Crippen LogP contribution >= 0.6 is 11.3 Å². The molecule has 0 radical (unpaired) electrons. The fourth-order valence-corrected chi connectivity index (χ4v) is 4.76. The van der Waals surface area contributed by atoms with Crippen molar-refractivity contribution in [3.05, 3.63) is 51.7 Å². The van der Waals surface area contributed by atoms with E-state index >= 15 is 0 Å². The Morgan fingerprint density at radius 1 is 1.30 bits per heavy atom. The summed E-state index contributed by atoms with van der Waals surface area (Å²) in [5.74, 6) is 0. The number of sulfonamides is 1. The quantitative estimate of drug-likeness (QED) is 0.943. The number of fused-ring (bicyclic) bond motifs is 1. The first-order valence-corrected chi connectivity index (χ1v) is 8.68. The van der Waals surface area contributed by atoms with Crippen LogP contribution in [-0.2, 0) is 29.6 Å². The van der Waals surface area contributed by atoms with Crippen LogP contribution in [0.15, 0.2) is 40.6 Å². The third-order valence-electron chi connectivity index (χ3n) is 3.49. The highest BCUT2D eigenvalue weighted by atomic mass is 32.2. The lowest BCUT2D eigenvalue weighted by molar-refractivity contribution is 0.281. The summed E-state index contributed by atoms with van der Waals surface area (Å²) in [4.78, 5) is 1.53. The topological polar surface area (TPSA) is 57.6 Å². The van der Waals surface area contributed by atoms with Crippen LogP contribution in [0.1, 0.15) is 16.0 Å². The van der Waals surface area contributed by atoms with Gasteiger partial charge < -0.3 is 5.11 Å². The van der Waals surface area contributed by atoms with E-state index in [1.54, 1.807) is 35.6 Å². The molecule has 0 unspecified atom stereocenters. The Balaban J connectivity index is 1.93. The molecule has 1 N–H and O–H groups in total. The Kier molecular flexibility index (Phi) is 3.64. The molecule has 1 aromatic carbocycles. The number of hydrogen-bond donors (Lipinski definition) is 1. The molecule has 1 aromatic heterocycles. The summed E-state index contributed by atoms with van der Waals surface area (Å²) >= 11 is 1.69. The van der Waals surface area contributed by atoms with Gasteiger partial charge in [-0.1, -0.05) is 12.1 Å². The van der Waals surface area contributed by atoms with Gasteiger partial charge in [0.25, 0.3) is 0 Å². The fourth-order valence-electron chi connectivity index (χ4n) is 2.38. The molecule has 0 saturated carbocycles. The summed E-state index contributed by atoms with van der Waals surface area (Å²) in [5, 5.41) is 11.1. The van der Waals surface area contributed by atoms with Crippen LogP contribution in [0.2, 0.25) is 0 Å². The highest BCUT2D eigenvalue weighted by Crippen LogP contribution is 2.28. The second kappa shape index (κ2) is 5.29. The van der Waals surface area contributed by atoms with Crippen LogP contribution in [0.3, 0.4) is 0 Å². The first kappa shape index (κ1) is 13.8. The molecular weight excluding hydrogens is 294 g/mol. The zero-order valence-corrected chi connectivity index (χ0v) is 12.5. The van der Waals surface area contributed by atoms with Gasteiger partial charge in [-0.05, 0) is 41.1 Å². The molecular formula is C14H15NO3S2. The minimum atomic E-state index is -3.49. The number of benzene rings is 1. The third kappa shape index (κ3) is 2.40. The molecule has 4 nitrogen and oxygen atoms in total. The minimum Gasteiger partial charge on any atom is -0.392 e. The lowest BCUT2D eigenvalue weighted by Crippen LogP contribution is -2.35. The van der Waals surface area contributed by atoms with Gasteiger partial charge in [-0.3, -0.25) is 0 Å². The van der Waals surface area contributed by atoms with Gasteiger partial charge in [0.15, 0.2) is 0 Å². The van der Waals surface area contributed by atoms with Gasteiger partial charge >= 0.3 is 0 Å². The van der Waals surface area contributed by atoms with Crippen LogP contribution in [0.5, 0.6) is 0 Å². The predicted octanol–water partition coefficient (Wildman–Crippen LogP) is 1.99. The largest absolute Gasteiger partial charge is 0.392 e. The normalized spacial score (nSPS) is 16.1. The van der Waals surface area contributed by atoms with Crippen molar-refractivity contribution >= 4 is 21.4 Å². The molecule has 0 saturated heterocycles. The maximum atomic E-state index is 12.6. The monoisotopic (exact) mass is 309 g/mol. The lowest BCUT2D eigenvalue weighted by Gasteiger charge is -2.26. The van der Waals surface area contributed by atoms with Gasteiger partial charge in [-0.2, -0.15) is 4.31 Å². The number of rotatable bonds is 3. The first-order valence-electron chi connectivity index (χ1n) is 6.36. The highest BCUT2D eigenvalue weighted by molar-refractivity contribution is 7.89. The highest BCUT2D eigenvalue weighted by Gasteiger charge is 2.28. The van der Waals surface area contributed by atoms with Crippen molar-refractivity contribution < 1.29 is 13.5 Å². The van der Waals surface area contributed by atoms with Gasteiger partial charge in [0.1, 0.15) is 0 Å². The van der Waals surface area contributed by atoms with Gasteiger partial charge in [-0.15, -0.1) is 11.3 Å². The van der Waals surface area contributed by atoms with E-state index in [1.165, 1.54) is 9.18 Å². The van der Waals surface area contributed by atoms with E-state index < -0.39 is 10.0 Å². The van der Waals surface area contributed by atoms with Crippen molar-refractivity contribution in [3.8, 4) is 0 Å². The summed E-state index contributed by atoms with van der Waals surface area (Å²) in [6, 6.07) is 8.49. The van der Waals surface area contributed by atoms with Crippen molar-refractivity contribution in [1.29, 1.82) is 0 Å². The summed E-state index contributed by atoms with van der Waals surface area (Å²) in [7, 11) is -3.49. The van der Waals surface area contributed by atoms with Gasteiger partial charge in [0, 0.05) is 18.0 Å².